The minimum atomic E-state index is -0.452. The smallest absolute Gasteiger partial charge is 0.333 e. The van der Waals surface area contributed by atoms with Crippen LogP contribution in [0.5, 0.6) is 0 Å². The zero-order valence-electron chi connectivity index (χ0n) is 13.3. The predicted molar refractivity (Wildman–Crippen MR) is 79.1 cm³/mol. The Labute approximate surface area is 135 Å². The molecule has 1 aliphatic heterocycles. The first-order chi connectivity index (χ1) is 11.0. The summed E-state index contributed by atoms with van der Waals surface area (Å²) >= 11 is 0. The van der Waals surface area contributed by atoms with Crippen molar-refractivity contribution in [3.8, 4) is 0 Å². The molecule has 126 valence electrons. The lowest BCUT2D eigenvalue weighted by Gasteiger charge is -2.43. The molecule has 4 fully saturated rings. The molecular formula is C17H22O6. The second-order valence-electron chi connectivity index (χ2n) is 6.72. The van der Waals surface area contributed by atoms with E-state index in [0.29, 0.717) is 12.0 Å². The molecule has 3 saturated carbocycles. The first-order valence-corrected chi connectivity index (χ1v) is 8.20. The van der Waals surface area contributed by atoms with E-state index in [-0.39, 0.29) is 54.9 Å². The van der Waals surface area contributed by atoms with Gasteiger partial charge in [0, 0.05) is 23.8 Å². The largest absolute Gasteiger partial charge is 0.462 e. The van der Waals surface area contributed by atoms with Crippen LogP contribution in [-0.4, -0.2) is 36.7 Å². The second kappa shape index (κ2) is 6.34. The lowest BCUT2D eigenvalue weighted by atomic mass is 9.63. The van der Waals surface area contributed by atoms with E-state index in [2.05, 4.69) is 6.58 Å². The molecule has 3 aliphatic carbocycles. The van der Waals surface area contributed by atoms with Crippen molar-refractivity contribution >= 4 is 17.9 Å². The van der Waals surface area contributed by atoms with Gasteiger partial charge in [-0.25, -0.2) is 4.79 Å². The monoisotopic (exact) mass is 322 g/mol. The Balaban J connectivity index is 1.45. The normalized spacial score (nSPS) is 34.0. The summed E-state index contributed by atoms with van der Waals surface area (Å²) in [6.45, 7) is 5.23. The van der Waals surface area contributed by atoms with Gasteiger partial charge in [-0.15, -0.1) is 0 Å². The van der Waals surface area contributed by atoms with Crippen LogP contribution in [0.15, 0.2) is 12.2 Å². The number of rotatable bonds is 6. The maximum atomic E-state index is 12.0. The molecule has 6 nitrogen and oxygen atoms in total. The predicted octanol–water partition coefficient (Wildman–Crippen LogP) is 1.77. The van der Waals surface area contributed by atoms with Gasteiger partial charge in [0.15, 0.2) is 0 Å². The Morgan fingerprint density at radius 1 is 1.35 bits per heavy atom. The Bertz CT molecular complexity index is 539. The summed E-state index contributed by atoms with van der Waals surface area (Å²) in [4.78, 5) is 35.0. The maximum Gasteiger partial charge on any atom is 0.333 e. The highest BCUT2D eigenvalue weighted by atomic mass is 16.6. The van der Waals surface area contributed by atoms with Crippen LogP contribution in [0.3, 0.4) is 0 Å². The average Bonchev–Trinajstić information content (AvgIpc) is 2.80. The summed E-state index contributed by atoms with van der Waals surface area (Å²) in [7, 11) is 0. The van der Waals surface area contributed by atoms with Crippen LogP contribution in [0.25, 0.3) is 0 Å². The summed E-state index contributed by atoms with van der Waals surface area (Å²) in [5.41, 5.74) is 0.336. The number of esters is 3. The first-order valence-electron chi connectivity index (χ1n) is 8.20. The van der Waals surface area contributed by atoms with Crippen molar-refractivity contribution in [2.45, 2.75) is 51.2 Å². The SMILES string of the molecule is C=C(C)C(=O)OCCCC(=O)OC1C2CCC3C(C2)C(=O)OC31. The molecule has 23 heavy (non-hydrogen) atoms. The van der Waals surface area contributed by atoms with Crippen LogP contribution in [0, 0.1) is 17.8 Å². The summed E-state index contributed by atoms with van der Waals surface area (Å²) in [5, 5.41) is 0. The van der Waals surface area contributed by atoms with E-state index in [1.807, 2.05) is 0 Å². The van der Waals surface area contributed by atoms with Gasteiger partial charge in [0.25, 0.3) is 0 Å². The standard InChI is InChI=1S/C17H22O6/c1-9(2)16(19)21-7-3-4-13(18)22-14-10-5-6-11-12(8-10)17(20)23-15(11)14/h10-12,14-15H,1,3-8H2,2H3. The van der Waals surface area contributed by atoms with Gasteiger partial charge in [0.2, 0.25) is 0 Å². The summed E-state index contributed by atoms with van der Waals surface area (Å²) < 4.78 is 15.9. The molecule has 5 unspecified atom stereocenters. The van der Waals surface area contributed by atoms with Crippen molar-refractivity contribution in [1.82, 2.24) is 0 Å². The van der Waals surface area contributed by atoms with Gasteiger partial charge in [0.1, 0.15) is 12.2 Å². The van der Waals surface area contributed by atoms with Gasteiger partial charge in [0.05, 0.1) is 12.5 Å². The quantitative estimate of drug-likeness (QED) is 0.321. The van der Waals surface area contributed by atoms with Crippen molar-refractivity contribution in [3.05, 3.63) is 12.2 Å². The number of carbonyl (C=O) groups excluding carboxylic acids is 3. The zero-order valence-corrected chi connectivity index (χ0v) is 13.3. The van der Waals surface area contributed by atoms with Gasteiger partial charge in [-0.3, -0.25) is 9.59 Å². The third-order valence-electron chi connectivity index (χ3n) is 5.08. The van der Waals surface area contributed by atoms with Crippen LogP contribution in [0.2, 0.25) is 0 Å². The molecule has 4 bridgehead atoms. The van der Waals surface area contributed by atoms with E-state index in [0.717, 1.165) is 19.3 Å². The van der Waals surface area contributed by atoms with Crippen LogP contribution >= 0.6 is 0 Å². The van der Waals surface area contributed by atoms with E-state index in [9.17, 15) is 14.4 Å². The lowest BCUT2D eigenvalue weighted by molar-refractivity contribution is -0.172. The van der Waals surface area contributed by atoms with Crippen molar-refractivity contribution in [3.63, 3.8) is 0 Å². The molecule has 1 heterocycles. The molecule has 0 aromatic carbocycles. The number of carbonyl (C=O) groups is 3. The van der Waals surface area contributed by atoms with Gasteiger partial charge >= 0.3 is 17.9 Å². The van der Waals surface area contributed by atoms with E-state index < -0.39 is 5.97 Å². The van der Waals surface area contributed by atoms with E-state index in [4.69, 9.17) is 14.2 Å². The Hall–Kier alpha value is -1.85. The molecule has 0 aromatic heterocycles. The fourth-order valence-electron chi connectivity index (χ4n) is 3.96. The topological polar surface area (TPSA) is 78.9 Å². The highest BCUT2D eigenvalue weighted by molar-refractivity contribution is 5.86. The number of hydrogen-bond acceptors (Lipinski definition) is 6. The van der Waals surface area contributed by atoms with Gasteiger partial charge in [-0.2, -0.15) is 0 Å². The molecule has 4 rings (SSSR count). The van der Waals surface area contributed by atoms with Crippen LogP contribution in [0.4, 0.5) is 0 Å². The van der Waals surface area contributed by atoms with Gasteiger partial charge < -0.3 is 14.2 Å². The highest BCUT2D eigenvalue weighted by Gasteiger charge is 2.59. The molecule has 6 heteroatoms. The summed E-state index contributed by atoms with van der Waals surface area (Å²) in [5.74, 6) is -0.459. The van der Waals surface area contributed by atoms with Crippen molar-refractivity contribution < 1.29 is 28.6 Å². The molecular weight excluding hydrogens is 300 g/mol. The van der Waals surface area contributed by atoms with Crippen LogP contribution in [0.1, 0.15) is 39.0 Å². The van der Waals surface area contributed by atoms with E-state index in [1.54, 1.807) is 6.92 Å². The van der Waals surface area contributed by atoms with Crippen LogP contribution < -0.4 is 0 Å². The van der Waals surface area contributed by atoms with Crippen molar-refractivity contribution in [1.29, 1.82) is 0 Å². The third kappa shape index (κ3) is 3.12. The fourth-order valence-corrected chi connectivity index (χ4v) is 3.96. The Kier molecular flexibility index (Phi) is 4.41. The molecule has 1 saturated heterocycles. The summed E-state index contributed by atoms with van der Waals surface area (Å²) in [6, 6.07) is 0. The van der Waals surface area contributed by atoms with E-state index in [1.165, 1.54) is 0 Å². The molecule has 0 spiro atoms. The lowest BCUT2D eigenvalue weighted by Crippen LogP contribution is -2.50. The first kappa shape index (κ1) is 16.0. The minimum Gasteiger partial charge on any atom is -0.462 e. The highest BCUT2D eigenvalue weighted by Crippen LogP contribution is 2.52. The fraction of sp³-hybridized carbons (Fsp3) is 0.706. The van der Waals surface area contributed by atoms with Gasteiger partial charge in [-0.05, 0) is 32.6 Å². The van der Waals surface area contributed by atoms with Crippen molar-refractivity contribution in [2.75, 3.05) is 6.61 Å². The zero-order chi connectivity index (χ0) is 16.6. The number of hydrogen-bond donors (Lipinski definition) is 0. The van der Waals surface area contributed by atoms with Crippen molar-refractivity contribution in [2.24, 2.45) is 17.8 Å². The molecule has 0 amide bonds. The molecule has 5 atom stereocenters. The summed E-state index contributed by atoms with van der Waals surface area (Å²) in [6.07, 6.45) is 2.77. The average molecular weight is 322 g/mol. The van der Waals surface area contributed by atoms with Crippen LogP contribution in [-0.2, 0) is 28.6 Å². The molecule has 0 N–H and O–H groups in total. The Morgan fingerprint density at radius 3 is 2.87 bits per heavy atom. The number of fused-ring (bicyclic) bond motifs is 1. The Morgan fingerprint density at radius 2 is 2.13 bits per heavy atom. The third-order valence-corrected chi connectivity index (χ3v) is 5.08. The number of ether oxygens (including phenoxy) is 3. The van der Waals surface area contributed by atoms with E-state index >= 15 is 0 Å². The molecule has 4 aliphatic rings. The molecule has 0 aromatic rings. The molecule has 0 radical (unpaired) electrons. The maximum absolute atomic E-state index is 12.0. The second-order valence-corrected chi connectivity index (χ2v) is 6.72. The minimum absolute atomic E-state index is 0.00950. The van der Waals surface area contributed by atoms with Gasteiger partial charge in [-0.1, -0.05) is 6.58 Å².